The van der Waals surface area contributed by atoms with Gasteiger partial charge in [-0.3, -0.25) is 43.2 Å². The van der Waals surface area contributed by atoms with E-state index in [2.05, 4.69) is 21.3 Å². The summed E-state index contributed by atoms with van der Waals surface area (Å²) in [5.41, 5.74) is 6.33. The second-order valence-corrected chi connectivity index (χ2v) is 17.6. The van der Waals surface area contributed by atoms with E-state index in [4.69, 9.17) is 10.6 Å². The number of hydrogen-bond donors (Lipinski definition) is 7. The van der Waals surface area contributed by atoms with E-state index in [1.807, 2.05) is 55.7 Å². The van der Waals surface area contributed by atoms with Crippen LogP contribution in [0.15, 0.2) is 60.8 Å². The van der Waals surface area contributed by atoms with Crippen molar-refractivity contribution in [1.29, 1.82) is 0 Å². The minimum Gasteiger partial charge on any atom is -0.481 e. The summed E-state index contributed by atoms with van der Waals surface area (Å²) < 4.78 is 31.4. The number of aliphatic carboxylic acids is 1. The molecule has 21 nitrogen and oxygen atoms in total. The van der Waals surface area contributed by atoms with E-state index < -0.39 is 120 Å². The van der Waals surface area contributed by atoms with Crippen molar-refractivity contribution in [2.45, 2.75) is 110 Å². The molecule has 378 valence electrons. The van der Waals surface area contributed by atoms with Gasteiger partial charge in [0.25, 0.3) is 11.8 Å². The number of carbonyl (C=O) groups is 10. The average molecular weight is 981 g/mol. The lowest BCUT2D eigenvalue weighted by Crippen LogP contribution is -2.57. The van der Waals surface area contributed by atoms with Crippen LogP contribution in [0.25, 0.3) is 11.1 Å². The summed E-state index contributed by atoms with van der Waals surface area (Å²) in [6.07, 6.45) is -1.05. The SMILES string of the molecule is C[C@H](NC(=O)CCCC(=O)ON1C(=O)CCC1=O)C(=O)N[C@@H](CC(=O)O)C(=O)N[C@@H](CC(N)=O)C(=O)NCCCN(C(=O)CO)[C@@H](c1cc(-c2cc(F)ccc2F)cn1Cc1ccccc1)C(C)(C)C. The number of amides is 8. The fraction of sp³-hybridized carbons (Fsp3) is 0.447. The summed E-state index contributed by atoms with van der Waals surface area (Å²) >= 11 is 0. The van der Waals surface area contributed by atoms with Gasteiger partial charge >= 0.3 is 11.9 Å². The zero-order chi connectivity index (χ0) is 51.9. The monoisotopic (exact) mass is 980 g/mol. The Morgan fingerprint density at radius 3 is 2.10 bits per heavy atom. The van der Waals surface area contributed by atoms with Crippen LogP contribution >= 0.6 is 0 Å². The molecule has 1 saturated heterocycles. The maximum absolute atomic E-state index is 15.1. The fourth-order valence-corrected chi connectivity index (χ4v) is 7.63. The number of nitrogens with two attached hydrogens (primary N) is 1. The number of hydrogen-bond acceptors (Lipinski definition) is 12. The molecule has 0 saturated carbocycles. The molecule has 8 amide bonds. The number of primary amides is 1. The zero-order valence-corrected chi connectivity index (χ0v) is 39.1. The number of rotatable bonds is 25. The van der Waals surface area contributed by atoms with Crippen molar-refractivity contribution in [2.75, 3.05) is 19.7 Å². The van der Waals surface area contributed by atoms with Gasteiger partial charge in [0, 0.05) is 68.3 Å². The number of aromatic nitrogens is 1. The Kier molecular flexibility index (Phi) is 19.8. The van der Waals surface area contributed by atoms with E-state index in [0.717, 1.165) is 23.8 Å². The van der Waals surface area contributed by atoms with Gasteiger partial charge in [0.15, 0.2) is 0 Å². The maximum atomic E-state index is 15.1. The Morgan fingerprint density at radius 1 is 0.843 bits per heavy atom. The van der Waals surface area contributed by atoms with E-state index in [1.165, 1.54) is 11.8 Å². The summed E-state index contributed by atoms with van der Waals surface area (Å²) in [4.78, 5) is 131. The second-order valence-electron chi connectivity index (χ2n) is 17.6. The second kappa shape index (κ2) is 25.2. The van der Waals surface area contributed by atoms with Crippen molar-refractivity contribution in [3.63, 3.8) is 0 Å². The van der Waals surface area contributed by atoms with Crippen LogP contribution in [0.4, 0.5) is 8.78 Å². The van der Waals surface area contributed by atoms with Gasteiger partial charge in [-0.15, -0.1) is 5.06 Å². The first kappa shape index (κ1) is 55.0. The molecule has 1 aliphatic rings. The first-order valence-corrected chi connectivity index (χ1v) is 22.3. The lowest BCUT2D eigenvalue weighted by Gasteiger charge is -2.41. The van der Waals surface area contributed by atoms with Crippen LogP contribution in [0.1, 0.15) is 96.4 Å². The van der Waals surface area contributed by atoms with Gasteiger partial charge in [0.2, 0.25) is 35.4 Å². The highest BCUT2D eigenvalue weighted by Crippen LogP contribution is 2.41. The number of benzene rings is 2. The van der Waals surface area contributed by atoms with Crippen molar-refractivity contribution in [3.05, 3.63) is 83.7 Å². The fourth-order valence-electron chi connectivity index (χ4n) is 7.63. The highest BCUT2D eigenvalue weighted by molar-refractivity contribution is 6.01. The molecule has 3 aromatic rings. The number of carboxylic acid groups (broad SMARTS) is 1. The van der Waals surface area contributed by atoms with Crippen LogP contribution in [0.2, 0.25) is 0 Å². The van der Waals surface area contributed by atoms with Crippen molar-refractivity contribution in [2.24, 2.45) is 11.1 Å². The Balaban J connectivity index is 1.42. The van der Waals surface area contributed by atoms with Crippen molar-refractivity contribution in [1.82, 2.24) is 35.8 Å². The highest BCUT2D eigenvalue weighted by Gasteiger charge is 2.38. The molecule has 70 heavy (non-hydrogen) atoms. The summed E-state index contributed by atoms with van der Waals surface area (Å²) in [6, 6.07) is 8.34. The third-order valence-corrected chi connectivity index (χ3v) is 10.9. The molecule has 4 rings (SSSR count). The number of nitrogens with zero attached hydrogens (tertiary/aromatic N) is 3. The molecule has 4 atom stereocenters. The van der Waals surface area contributed by atoms with Crippen LogP contribution in [-0.4, -0.2) is 122 Å². The van der Waals surface area contributed by atoms with Crippen molar-refractivity contribution in [3.8, 4) is 11.1 Å². The number of carbonyl (C=O) groups excluding carboxylic acids is 9. The molecule has 2 heterocycles. The highest BCUT2D eigenvalue weighted by atomic mass is 19.1. The van der Waals surface area contributed by atoms with Gasteiger partial charge in [0.1, 0.15) is 36.4 Å². The molecule has 0 bridgehead atoms. The van der Waals surface area contributed by atoms with E-state index in [9.17, 15) is 62.5 Å². The Morgan fingerprint density at radius 2 is 1.49 bits per heavy atom. The number of carboxylic acids is 1. The van der Waals surface area contributed by atoms with Crippen LogP contribution in [0.5, 0.6) is 0 Å². The largest absolute Gasteiger partial charge is 0.481 e. The maximum Gasteiger partial charge on any atom is 0.333 e. The average Bonchev–Trinajstić information content (AvgIpc) is 3.84. The van der Waals surface area contributed by atoms with Gasteiger partial charge in [-0.2, -0.15) is 0 Å². The van der Waals surface area contributed by atoms with Gasteiger partial charge in [0.05, 0.1) is 18.9 Å². The molecule has 1 fully saturated rings. The normalized spacial score (nSPS) is 14.2. The quantitative estimate of drug-likeness (QED) is 0.0469. The van der Waals surface area contributed by atoms with Gasteiger partial charge in [-0.05, 0) is 55.0 Å². The molecule has 2 aromatic carbocycles. The van der Waals surface area contributed by atoms with Crippen LogP contribution in [0.3, 0.4) is 0 Å². The van der Waals surface area contributed by atoms with E-state index >= 15 is 4.39 Å². The molecule has 1 aliphatic heterocycles. The summed E-state index contributed by atoms with van der Waals surface area (Å²) in [7, 11) is 0. The third-order valence-electron chi connectivity index (χ3n) is 10.9. The molecule has 0 aliphatic carbocycles. The lowest BCUT2D eigenvalue weighted by atomic mass is 9.83. The lowest BCUT2D eigenvalue weighted by molar-refractivity contribution is -0.197. The molecule has 8 N–H and O–H groups in total. The molecule has 0 spiro atoms. The molecule has 0 unspecified atom stereocenters. The first-order chi connectivity index (χ1) is 33.0. The van der Waals surface area contributed by atoms with Crippen molar-refractivity contribution < 1.29 is 71.8 Å². The molecular weight excluding hydrogens is 923 g/mol. The number of hydroxylamine groups is 2. The zero-order valence-electron chi connectivity index (χ0n) is 39.1. The summed E-state index contributed by atoms with van der Waals surface area (Å²) in [5.74, 6) is -10.8. The minimum atomic E-state index is -1.83. The van der Waals surface area contributed by atoms with E-state index in [1.54, 1.807) is 12.3 Å². The van der Waals surface area contributed by atoms with Crippen LogP contribution in [0, 0.1) is 17.0 Å². The van der Waals surface area contributed by atoms with E-state index in [0.29, 0.717) is 16.3 Å². The number of halogens is 2. The minimum absolute atomic E-state index is 0.0120. The Hall–Kier alpha value is -7.56. The van der Waals surface area contributed by atoms with E-state index in [-0.39, 0.29) is 63.7 Å². The predicted octanol–water partition coefficient (Wildman–Crippen LogP) is 1.50. The van der Waals surface area contributed by atoms with Gasteiger partial charge in [-0.25, -0.2) is 13.6 Å². The van der Waals surface area contributed by atoms with Crippen LogP contribution in [-0.2, 0) is 59.3 Å². The molecule has 23 heteroatoms. The molecule has 0 radical (unpaired) electrons. The number of aliphatic hydroxyl groups excluding tert-OH is 1. The predicted molar refractivity (Wildman–Crippen MR) is 243 cm³/mol. The Bertz CT molecular complexity index is 2430. The topological polar surface area (TPSA) is 306 Å². The van der Waals surface area contributed by atoms with Crippen molar-refractivity contribution >= 4 is 59.2 Å². The molecule has 1 aromatic heterocycles. The van der Waals surface area contributed by atoms with Gasteiger partial charge in [-0.1, -0.05) is 51.1 Å². The number of nitrogens with one attached hydrogen (secondary N) is 4. The first-order valence-electron chi connectivity index (χ1n) is 22.3. The van der Waals surface area contributed by atoms with Crippen LogP contribution < -0.4 is 27.0 Å². The standard InChI is InChI=1S/C47H58F2N8O13/c1-27(52-37(60)12-8-13-42(66)70-57-38(61)16-17-39(57)62)44(67)53-34(23-41(64)65)46(69)54-33(22-36(50)59)45(68)51-18-9-19-56(40(63)26-58)43(47(2,3)4)35-20-29(31-21-30(48)14-15-32(31)49)25-55(35)24-28-10-6-5-7-11-28/h5-7,10-11,14-15,20-21,25,27,33-34,43,58H,8-9,12-13,16-19,22-24,26H2,1-4H3,(H2,50,59)(H,51,68)(H,52,60)(H,53,67)(H,54,69)(H,64,65)/t27-,33-,34-,43-/m0/s1. The van der Waals surface area contributed by atoms with Gasteiger partial charge < -0.3 is 51.5 Å². The number of imide groups is 1. The molecular formula is C47H58F2N8O13. The summed E-state index contributed by atoms with van der Waals surface area (Å²) in [6.45, 7) is 5.90. The number of aliphatic hydroxyl groups is 1. The third kappa shape index (κ3) is 16.0. The Labute approximate surface area is 401 Å². The smallest absolute Gasteiger partial charge is 0.333 e. The summed E-state index contributed by atoms with van der Waals surface area (Å²) in [5, 5.41) is 29.4.